The quantitative estimate of drug-likeness (QED) is 0.0392. The Morgan fingerprint density at radius 3 is 1.35 bits per heavy atom. The SMILES string of the molecule is CCCCCCCCCCCCCCCC(=O)OCC(COCCC(C(=O)[O-])[N+](C)(C)C)OC(=O)CCCCCCCCCCC. The van der Waals surface area contributed by atoms with Crippen molar-refractivity contribution in [1.29, 1.82) is 0 Å². The van der Waals surface area contributed by atoms with Gasteiger partial charge in [0, 0.05) is 19.3 Å². The fraction of sp³-hybridized carbons (Fsp3) is 0.921. The van der Waals surface area contributed by atoms with Crippen LogP contribution in [0.2, 0.25) is 0 Å². The maximum absolute atomic E-state index is 12.6. The zero-order valence-electron chi connectivity index (χ0n) is 30.8. The van der Waals surface area contributed by atoms with Crippen molar-refractivity contribution in [3.63, 3.8) is 0 Å². The number of quaternary nitrogens is 1. The Morgan fingerprint density at radius 1 is 0.565 bits per heavy atom. The third kappa shape index (κ3) is 28.5. The number of carboxylic acid groups (broad SMARTS) is 1. The normalized spacial score (nSPS) is 13.0. The van der Waals surface area contributed by atoms with E-state index in [2.05, 4.69) is 13.8 Å². The zero-order chi connectivity index (χ0) is 34.3. The molecule has 0 amide bonds. The molecule has 0 spiro atoms. The fourth-order valence-electron chi connectivity index (χ4n) is 5.72. The van der Waals surface area contributed by atoms with Crippen molar-refractivity contribution < 1.29 is 38.2 Å². The number of carboxylic acids is 1. The molecule has 46 heavy (non-hydrogen) atoms. The summed E-state index contributed by atoms with van der Waals surface area (Å²) in [6.07, 6.45) is 26.9. The number of rotatable bonds is 34. The Kier molecular flexibility index (Phi) is 29.5. The summed E-state index contributed by atoms with van der Waals surface area (Å²) in [7, 11) is 5.40. The van der Waals surface area contributed by atoms with Crippen molar-refractivity contribution in [1.82, 2.24) is 0 Å². The highest BCUT2D eigenvalue weighted by Crippen LogP contribution is 2.14. The van der Waals surface area contributed by atoms with Gasteiger partial charge in [0.15, 0.2) is 6.10 Å². The van der Waals surface area contributed by atoms with Crippen LogP contribution in [-0.4, -0.2) is 75.5 Å². The Labute approximate surface area is 283 Å². The molecule has 8 heteroatoms. The summed E-state index contributed by atoms with van der Waals surface area (Å²) in [5.74, 6) is -1.73. The number of esters is 2. The Bertz CT molecular complexity index is 737. The van der Waals surface area contributed by atoms with Crippen LogP contribution in [0.1, 0.15) is 174 Å². The minimum absolute atomic E-state index is 0.0480. The van der Waals surface area contributed by atoms with Crippen LogP contribution in [0.4, 0.5) is 0 Å². The van der Waals surface area contributed by atoms with Gasteiger partial charge in [-0.2, -0.15) is 0 Å². The molecule has 0 aliphatic heterocycles. The van der Waals surface area contributed by atoms with Gasteiger partial charge in [0.2, 0.25) is 0 Å². The first kappa shape index (κ1) is 44.3. The van der Waals surface area contributed by atoms with E-state index in [-0.39, 0.29) is 42.7 Å². The van der Waals surface area contributed by atoms with Crippen LogP contribution >= 0.6 is 0 Å². The monoisotopic (exact) mass is 656 g/mol. The summed E-state index contributed by atoms with van der Waals surface area (Å²) in [4.78, 5) is 36.5. The lowest BCUT2D eigenvalue weighted by molar-refractivity contribution is -0.889. The minimum Gasteiger partial charge on any atom is -0.544 e. The second-order valence-electron chi connectivity index (χ2n) is 14.2. The minimum atomic E-state index is -1.12. The highest BCUT2D eigenvalue weighted by Gasteiger charge is 2.25. The first-order valence-corrected chi connectivity index (χ1v) is 19.1. The largest absolute Gasteiger partial charge is 0.544 e. The average molecular weight is 656 g/mol. The van der Waals surface area contributed by atoms with Crippen molar-refractivity contribution in [3.05, 3.63) is 0 Å². The Balaban J connectivity index is 4.37. The predicted molar refractivity (Wildman–Crippen MR) is 185 cm³/mol. The molecule has 0 aromatic rings. The third-order valence-electron chi connectivity index (χ3n) is 8.74. The molecule has 0 saturated carbocycles. The maximum atomic E-state index is 12.6. The number of nitrogens with zero attached hydrogens (tertiary/aromatic N) is 1. The Hall–Kier alpha value is -1.67. The van der Waals surface area contributed by atoms with E-state index in [1.807, 2.05) is 0 Å². The van der Waals surface area contributed by atoms with Gasteiger partial charge in [-0.25, -0.2) is 0 Å². The lowest BCUT2D eigenvalue weighted by Crippen LogP contribution is -2.55. The van der Waals surface area contributed by atoms with E-state index in [9.17, 15) is 19.5 Å². The lowest BCUT2D eigenvalue weighted by Gasteiger charge is -2.34. The van der Waals surface area contributed by atoms with Crippen molar-refractivity contribution in [2.75, 3.05) is 41.0 Å². The molecule has 0 radical (unpaired) electrons. The second kappa shape index (κ2) is 30.7. The van der Waals surface area contributed by atoms with Gasteiger partial charge in [0.05, 0.1) is 40.3 Å². The second-order valence-corrected chi connectivity index (χ2v) is 14.2. The first-order valence-electron chi connectivity index (χ1n) is 19.1. The van der Waals surface area contributed by atoms with Gasteiger partial charge in [-0.3, -0.25) is 9.59 Å². The summed E-state index contributed by atoms with van der Waals surface area (Å²) in [6, 6.07) is -0.717. The van der Waals surface area contributed by atoms with E-state index < -0.39 is 18.1 Å². The predicted octanol–water partition coefficient (Wildman–Crippen LogP) is 8.08. The molecular weight excluding hydrogens is 582 g/mol. The number of unbranched alkanes of at least 4 members (excludes halogenated alkanes) is 20. The third-order valence-corrected chi connectivity index (χ3v) is 8.74. The number of ether oxygens (including phenoxy) is 3. The van der Waals surface area contributed by atoms with E-state index in [1.165, 1.54) is 103 Å². The number of hydrogen-bond donors (Lipinski definition) is 0. The molecule has 0 rings (SSSR count). The van der Waals surface area contributed by atoms with E-state index in [0.29, 0.717) is 12.8 Å². The molecule has 272 valence electrons. The molecule has 0 aliphatic carbocycles. The van der Waals surface area contributed by atoms with Gasteiger partial charge >= 0.3 is 11.9 Å². The van der Waals surface area contributed by atoms with Gasteiger partial charge in [-0.1, -0.05) is 142 Å². The first-order chi connectivity index (χ1) is 22.1. The van der Waals surface area contributed by atoms with Crippen LogP contribution in [0.25, 0.3) is 0 Å². The molecule has 0 aromatic carbocycles. The standard InChI is InChI=1S/C38H73NO7/c1-6-8-10-12-14-16-17-18-19-21-22-24-26-28-36(40)45-33-34(32-44-31-30-35(38(42)43)39(3,4)5)46-37(41)29-27-25-23-20-15-13-11-9-7-2/h34-35H,6-33H2,1-5H3. The van der Waals surface area contributed by atoms with Gasteiger partial charge in [-0.05, 0) is 12.8 Å². The number of carbonyl (C=O) groups is 3. The molecule has 0 N–H and O–H groups in total. The molecule has 8 nitrogen and oxygen atoms in total. The summed E-state index contributed by atoms with van der Waals surface area (Å²) in [5.41, 5.74) is 0. The van der Waals surface area contributed by atoms with Crippen molar-refractivity contribution in [3.8, 4) is 0 Å². The smallest absolute Gasteiger partial charge is 0.306 e. The number of hydrogen-bond acceptors (Lipinski definition) is 7. The van der Waals surface area contributed by atoms with E-state index in [0.717, 1.165) is 38.5 Å². The molecule has 0 aromatic heterocycles. The highest BCUT2D eigenvalue weighted by atomic mass is 16.6. The van der Waals surface area contributed by atoms with Crippen LogP contribution in [0.15, 0.2) is 0 Å². The molecule has 2 unspecified atom stereocenters. The summed E-state index contributed by atoms with van der Waals surface area (Å²) in [5, 5.41) is 11.5. The van der Waals surface area contributed by atoms with E-state index in [4.69, 9.17) is 14.2 Å². The van der Waals surface area contributed by atoms with E-state index >= 15 is 0 Å². The molecule has 0 saturated heterocycles. The van der Waals surface area contributed by atoms with Gasteiger partial charge < -0.3 is 28.6 Å². The molecule has 0 fully saturated rings. The van der Waals surface area contributed by atoms with Crippen LogP contribution in [0.3, 0.4) is 0 Å². The van der Waals surface area contributed by atoms with Crippen LogP contribution < -0.4 is 5.11 Å². The molecule has 0 heterocycles. The molecule has 0 bridgehead atoms. The van der Waals surface area contributed by atoms with Gasteiger partial charge in [0.1, 0.15) is 12.6 Å². The summed E-state index contributed by atoms with van der Waals surface area (Å²) < 4.78 is 17.1. The van der Waals surface area contributed by atoms with Crippen LogP contribution in [-0.2, 0) is 28.6 Å². The molecule has 0 aliphatic rings. The Morgan fingerprint density at radius 2 is 0.957 bits per heavy atom. The summed E-state index contributed by atoms with van der Waals surface area (Å²) in [6.45, 7) is 4.64. The highest BCUT2D eigenvalue weighted by molar-refractivity contribution is 5.70. The number of aliphatic carboxylic acids is 1. The van der Waals surface area contributed by atoms with Crippen LogP contribution in [0.5, 0.6) is 0 Å². The number of carbonyl (C=O) groups excluding carboxylic acids is 3. The van der Waals surface area contributed by atoms with Crippen molar-refractivity contribution in [2.45, 2.75) is 187 Å². The fourth-order valence-corrected chi connectivity index (χ4v) is 5.72. The van der Waals surface area contributed by atoms with E-state index in [1.54, 1.807) is 21.1 Å². The van der Waals surface area contributed by atoms with Gasteiger partial charge in [0.25, 0.3) is 0 Å². The van der Waals surface area contributed by atoms with Crippen molar-refractivity contribution in [2.24, 2.45) is 0 Å². The topological polar surface area (TPSA) is 102 Å². The molecule has 2 atom stereocenters. The van der Waals surface area contributed by atoms with Gasteiger partial charge in [-0.15, -0.1) is 0 Å². The van der Waals surface area contributed by atoms with Crippen molar-refractivity contribution >= 4 is 17.9 Å². The maximum Gasteiger partial charge on any atom is 0.306 e. The lowest BCUT2D eigenvalue weighted by atomic mass is 10.0. The summed E-state index contributed by atoms with van der Waals surface area (Å²) >= 11 is 0. The molecular formula is C38H73NO7. The number of likely N-dealkylation sites (N-methyl/N-ethyl adjacent to an activating group) is 1. The zero-order valence-corrected chi connectivity index (χ0v) is 30.8. The average Bonchev–Trinajstić information content (AvgIpc) is 3.00. The van der Waals surface area contributed by atoms with Crippen LogP contribution in [0, 0.1) is 0 Å².